The largest absolute Gasteiger partial charge is 0.494 e. The second-order valence-electron chi connectivity index (χ2n) is 8.32. The van der Waals surface area contributed by atoms with E-state index in [1.165, 1.54) is 12.1 Å². The highest BCUT2D eigenvalue weighted by molar-refractivity contribution is 6.04. The summed E-state index contributed by atoms with van der Waals surface area (Å²) in [7, 11) is 1.59. The zero-order valence-corrected chi connectivity index (χ0v) is 16.7. The summed E-state index contributed by atoms with van der Waals surface area (Å²) in [5, 5.41) is 0. The SMILES string of the molecule is COc1c2c(n(-c3ccc(C)cc3)c1-c1ccc(F)cc1)CC(C)(C)CC2=O. The Balaban J connectivity index is 2.08. The maximum atomic E-state index is 13.6. The smallest absolute Gasteiger partial charge is 0.169 e. The van der Waals surface area contributed by atoms with Crippen molar-refractivity contribution in [3.63, 3.8) is 0 Å². The van der Waals surface area contributed by atoms with E-state index in [-0.39, 0.29) is 17.0 Å². The normalized spacial score (nSPS) is 15.4. The summed E-state index contributed by atoms with van der Waals surface area (Å²) in [5.74, 6) is 0.373. The average molecular weight is 377 g/mol. The van der Waals surface area contributed by atoms with E-state index in [0.717, 1.165) is 34.6 Å². The van der Waals surface area contributed by atoms with E-state index in [9.17, 15) is 9.18 Å². The van der Waals surface area contributed by atoms with E-state index in [1.54, 1.807) is 19.2 Å². The molecule has 0 radical (unpaired) electrons. The van der Waals surface area contributed by atoms with Crippen LogP contribution in [0.2, 0.25) is 0 Å². The summed E-state index contributed by atoms with van der Waals surface area (Å²) in [6.07, 6.45) is 1.25. The van der Waals surface area contributed by atoms with Gasteiger partial charge in [0, 0.05) is 23.4 Å². The van der Waals surface area contributed by atoms with Gasteiger partial charge in [0.2, 0.25) is 0 Å². The third-order valence-electron chi connectivity index (χ3n) is 5.40. The molecule has 1 aromatic heterocycles. The number of aromatic nitrogens is 1. The van der Waals surface area contributed by atoms with Gasteiger partial charge in [-0.25, -0.2) is 4.39 Å². The number of Topliss-reactive ketones (excluding diaryl/α,β-unsaturated/α-hetero) is 1. The number of carbonyl (C=O) groups is 1. The lowest BCUT2D eigenvalue weighted by Gasteiger charge is -2.29. The molecule has 28 heavy (non-hydrogen) atoms. The maximum Gasteiger partial charge on any atom is 0.169 e. The van der Waals surface area contributed by atoms with Crippen molar-refractivity contribution in [2.45, 2.75) is 33.6 Å². The van der Waals surface area contributed by atoms with E-state index < -0.39 is 0 Å². The van der Waals surface area contributed by atoms with E-state index in [4.69, 9.17) is 4.74 Å². The molecule has 0 aliphatic heterocycles. The molecular weight excluding hydrogens is 353 g/mol. The van der Waals surface area contributed by atoms with Crippen LogP contribution in [0.15, 0.2) is 48.5 Å². The number of rotatable bonds is 3. The standard InChI is InChI=1S/C24H24FNO2/c1-15-5-11-18(12-6-15)26-19-13-24(2,3)14-20(27)21(19)23(28-4)22(26)16-7-9-17(25)10-8-16/h5-12H,13-14H2,1-4H3. The number of hydrogen-bond donors (Lipinski definition) is 0. The van der Waals surface area contributed by atoms with Gasteiger partial charge in [-0.3, -0.25) is 4.79 Å². The van der Waals surface area contributed by atoms with Gasteiger partial charge in [-0.15, -0.1) is 0 Å². The van der Waals surface area contributed by atoms with Crippen molar-refractivity contribution in [2.24, 2.45) is 5.41 Å². The lowest BCUT2D eigenvalue weighted by Crippen LogP contribution is -2.28. The highest BCUT2D eigenvalue weighted by atomic mass is 19.1. The Labute approximate surface area is 164 Å². The Hall–Kier alpha value is -2.88. The number of aryl methyl sites for hydroxylation is 1. The lowest BCUT2D eigenvalue weighted by molar-refractivity contribution is 0.0908. The fraction of sp³-hybridized carbons (Fsp3) is 0.292. The van der Waals surface area contributed by atoms with Crippen molar-refractivity contribution in [3.8, 4) is 22.7 Å². The Morgan fingerprint density at radius 2 is 1.64 bits per heavy atom. The molecule has 144 valence electrons. The minimum Gasteiger partial charge on any atom is -0.494 e. The number of nitrogens with zero attached hydrogens (tertiary/aromatic N) is 1. The molecule has 0 fully saturated rings. The molecule has 0 N–H and O–H groups in total. The van der Waals surface area contributed by atoms with Crippen LogP contribution in [0.5, 0.6) is 5.75 Å². The van der Waals surface area contributed by atoms with Crippen LogP contribution in [-0.4, -0.2) is 17.5 Å². The molecule has 0 amide bonds. The van der Waals surface area contributed by atoms with Gasteiger partial charge in [0.1, 0.15) is 5.82 Å². The van der Waals surface area contributed by atoms with E-state index >= 15 is 0 Å². The van der Waals surface area contributed by atoms with Gasteiger partial charge in [0.15, 0.2) is 11.5 Å². The summed E-state index contributed by atoms with van der Waals surface area (Å²) in [6, 6.07) is 14.6. The van der Waals surface area contributed by atoms with Gasteiger partial charge < -0.3 is 9.30 Å². The molecule has 0 saturated heterocycles. The molecule has 3 nitrogen and oxygen atoms in total. The van der Waals surface area contributed by atoms with Crippen LogP contribution in [0.25, 0.3) is 16.9 Å². The van der Waals surface area contributed by atoms with E-state index in [0.29, 0.717) is 17.7 Å². The number of fused-ring (bicyclic) bond motifs is 1. The zero-order chi connectivity index (χ0) is 20.1. The Kier molecular flexibility index (Phi) is 4.37. The number of hydrogen-bond acceptors (Lipinski definition) is 2. The molecule has 0 bridgehead atoms. The van der Waals surface area contributed by atoms with Crippen molar-refractivity contribution in [2.75, 3.05) is 7.11 Å². The summed E-state index contributed by atoms with van der Waals surface area (Å²) in [5.41, 5.74) is 5.23. The fourth-order valence-electron chi connectivity index (χ4n) is 4.14. The van der Waals surface area contributed by atoms with Gasteiger partial charge in [0.05, 0.1) is 18.4 Å². The number of carbonyl (C=O) groups excluding carboxylic acids is 1. The highest BCUT2D eigenvalue weighted by Crippen LogP contribution is 2.46. The molecular formula is C24H24FNO2. The summed E-state index contributed by atoms with van der Waals surface area (Å²) in [6.45, 7) is 6.28. The Bertz CT molecular complexity index is 1040. The topological polar surface area (TPSA) is 31.2 Å². The number of ketones is 1. The molecule has 4 heteroatoms. The Morgan fingerprint density at radius 1 is 1.00 bits per heavy atom. The molecule has 0 saturated carbocycles. The van der Waals surface area contributed by atoms with Gasteiger partial charge >= 0.3 is 0 Å². The van der Waals surface area contributed by atoms with Crippen molar-refractivity contribution in [1.82, 2.24) is 4.57 Å². The molecule has 4 rings (SSSR count). The monoisotopic (exact) mass is 377 g/mol. The summed E-state index contributed by atoms with van der Waals surface area (Å²) < 4.78 is 21.4. The van der Waals surface area contributed by atoms with Crippen LogP contribution in [0.4, 0.5) is 4.39 Å². The lowest BCUT2D eigenvalue weighted by atomic mass is 9.76. The predicted octanol–water partition coefficient (Wildman–Crippen LogP) is 5.76. The van der Waals surface area contributed by atoms with Crippen LogP contribution < -0.4 is 4.74 Å². The molecule has 1 heterocycles. The van der Waals surface area contributed by atoms with Gasteiger partial charge in [-0.05, 0) is 55.2 Å². The minimum absolute atomic E-state index is 0.0947. The quantitative estimate of drug-likeness (QED) is 0.581. The molecule has 0 spiro atoms. The first-order valence-electron chi connectivity index (χ1n) is 9.48. The van der Waals surface area contributed by atoms with Gasteiger partial charge in [-0.1, -0.05) is 31.5 Å². The van der Waals surface area contributed by atoms with Crippen molar-refractivity contribution < 1.29 is 13.9 Å². The molecule has 0 unspecified atom stereocenters. The average Bonchev–Trinajstić information content (AvgIpc) is 2.96. The summed E-state index contributed by atoms with van der Waals surface area (Å²) in [4.78, 5) is 13.1. The van der Waals surface area contributed by atoms with E-state index in [1.807, 2.05) is 19.1 Å². The van der Waals surface area contributed by atoms with Crippen LogP contribution in [0.3, 0.4) is 0 Å². The predicted molar refractivity (Wildman–Crippen MR) is 109 cm³/mol. The molecule has 0 atom stereocenters. The van der Waals surface area contributed by atoms with Crippen LogP contribution >= 0.6 is 0 Å². The molecule has 3 aromatic rings. The van der Waals surface area contributed by atoms with Crippen LogP contribution in [0.1, 0.15) is 41.9 Å². The van der Waals surface area contributed by atoms with Crippen LogP contribution in [0, 0.1) is 18.2 Å². The van der Waals surface area contributed by atoms with Crippen molar-refractivity contribution in [3.05, 3.63) is 71.2 Å². The third kappa shape index (κ3) is 3.03. The van der Waals surface area contributed by atoms with Crippen LogP contribution in [-0.2, 0) is 6.42 Å². The number of halogens is 1. The second-order valence-corrected chi connectivity index (χ2v) is 8.32. The van der Waals surface area contributed by atoms with Crippen molar-refractivity contribution in [1.29, 1.82) is 0 Å². The van der Waals surface area contributed by atoms with E-state index in [2.05, 4.69) is 30.5 Å². The molecule has 2 aromatic carbocycles. The van der Waals surface area contributed by atoms with Gasteiger partial charge in [0.25, 0.3) is 0 Å². The first kappa shape index (κ1) is 18.5. The highest BCUT2D eigenvalue weighted by Gasteiger charge is 2.38. The Morgan fingerprint density at radius 3 is 2.25 bits per heavy atom. The fourth-order valence-corrected chi connectivity index (χ4v) is 4.14. The number of benzene rings is 2. The molecule has 1 aliphatic carbocycles. The maximum absolute atomic E-state index is 13.6. The summed E-state index contributed by atoms with van der Waals surface area (Å²) >= 11 is 0. The van der Waals surface area contributed by atoms with Gasteiger partial charge in [-0.2, -0.15) is 0 Å². The minimum atomic E-state index is -0.293. The zero-order valence-electron chi connectivity index (χ0n) is 16.7. The molecule has 1 aliphatic rings. The third-order valence-corrected chi connectivity index (χ3v) is 5.40. The number of ether oxygens (including phenoxy) is 1. The van der Waals surface area contributed by atoms with Crippen molar-refractivity contribution >= 4 is 5.78 Å². The number of methoxy groups -OCH3 is 1. The first-order valence-corrected chi connectivity index (χ1v) is 9.48. The first-order chi connectivity index (χ1) is 13.3. The second kappa shape index (κ2) is 6.62.